The van der Waals surface area contributed by atoms with Crippen LogP contribution >= 0.6 is 11.3 Å². The fourth-order valence-corrected chi connectivity index (χ4v) is 3.23. The summed E-state index contributed by atoms with van der Waals surface area (Å²) in [6.07, 6.45) is 0.208. The summed E-state index contributed by atoms with van der Waals surface area (Å²) in [5.41, 5.74) is 5.24. The standard InChI is InChI=1S/C15H16N4O2S/c1-9-11(10(2)21-18-9)8-14(20)16-17-15-19(3)12-6-4-5-7-13(12)22-15/h4-7H,8H2,1-3H3,(H,16,20)/b17-15+. The van der Waals surface area contributed by atoms with Crippen LogP contribution < -0.4 is 10.2 Å². The number of para-hydroxylation sites is 1. The highest BCUT2D eigenvalue weighted by Crippen LogP contribution is 2.15. The molecule has 0 aliphatic heterocycles. The highest BCUT2D eigenvalue weighted by Gasteiger charge is 2.13. The zero-order chi connectivity index (χ0) is 15.7. The summed E-state index contributed by atoms with van der Waals surface area (Å²) in [5.74, 6) is 0.479. The number of nitrogens with one attached hydrogen (secondary N) is 1. The molecular formula is C15H16N4O2S. The van der Waals surface area contributed by atoms with Crippen molar-refractivity contribution >= 4 is 27.5 Å². The Balaban J connectivity index is 1.81. The Kier molecular flexibility index (Phi) is 3.81. The Morgan fingerprint density at radius 2 is 2.18 bits per heavy atom. The predicted octanol–water partition coefficient (Wildman–Crippen LogP) is 2.02. The van der Waals surface area contributed by atoms with Gasteiger partial charge in [0, 0.05) is 12.6 Å². The Morgan fingerprint density at radius 1 is 1.41 bits per heavy atom. The number of carbonyl (C=O) groups excluding carboxylic acids is 1. The summed E-state index contributed by atoms with van der Waals surface area (Å²) >= 11 is 1.53. The van der Waals surface area contributed by atoms with E-state index in [4.69, 9.17) is 4.52 Å². The molecule has 1 amide bonds. The van der Waals surface area contributed by atoms with Crippen molar-refractivity contribution in [3.05, 3.63) is 46.1 Å². The largest absolute Gasteiger partial charge is 0.361 e. The molecule has 2 aromatic heterocycles. The van der Waals surface area contributed by atoms with Gasteiger partial charge in [0.2, 0.25) is 10.7 Å². The van der Waals surface area contributed by atoms with Crippen molar-refractivity contribution in [3.8, 4) is 0 Å². The number of carbonyl (C=O) groups is 1. The molecule has 0 saturated heterocycles. The van der Waals surface area contributed by atoms with Crippen molar-refractivity contribution < 1.29 is 9.32 Å². The van der Waals surface area contributed by atoms with Crippen LogP contribution in [0.2, 0.25) is 0 Å². The zero-order valence-electron chi connectivity index (χ0n) is 12.6. The van der Waals surface area contributed by atoms with Crippen molar-refractivity contribution in [1.82, 2.24) is 15.1 Å². The first-order valence-corrected chi connectivity index (χ1v) is 7.67. The van der Waals surface area contributed by atoms with Gasteiger partial charge in [0.25, 0.3) is 0 Å². The summed E-state index contributed by atoms with van der Waals surface area (Å²) in [6, 6.07) is 8.02. The summed E-state index contributed by atoms with van der Waals surface area (Å²) < 4.78 is 8.14. The highest BCUT2D eigenvalue weighted by molar-refractivity contribution is 7.16. The molecule has 0 aliphatic carbocycles. The lowest BCUT2D eigenvalue weighted by Gasteiger charge is -1.99. The number of hydrogen-bond donors (Lipinski definition) is 1. The van der Waals surface area contributed by atoms with Crippen molar-refractivity contribution in [2.45, 2.75) is 20.3 Å². The molecule has 6 nitrogen and oxygen atoms in total. The average Bonchev–Trinajstić information content (AvgIpc) is 3.00. The number of fused-ring (bicyclic) bond motifs is 1. The van der Waals surface area contributed by atoms with E-state index in [-0.39, 0.29) is 12.3 Å². The number of nitrogens with zero attached hydrogens (tertiary/aromatic N) is 3. The van der Waals surface area contributed by atoms with E-state index in [1.807, 2.05) is 42.8 Å². The lowest BCUT2D eigenvalue weighted by atomic mass is 10.1. The molecule has 114 valence electrons. The summed E-state index contributed by atoms with van der Waals surface area (Å²) in [4.78, 5) is 12.8. The molecule has 1 aromatic carbocycles. The highest BCUT2D eigenvalue weighted by atomic mass is 32.1. The van der Waals surface area contributed by atoms with Crippen LogP contribution in [0.25, 0.3) is 10.2 Å². The van der Waals surface area contributed by atoms with Crippen molar-refractivity contribution in [2.24, 2.45) is 12.1 Å². The second-order valence-corrected chi connectivity index (χ2v) is 6.05. The van der Waals surface area contributed by atoms with Crippen LogP contribution in [0.1, 0.15) is 17.0 Å². The van der Waals surface area contributed by atoms with E-state index < -0.39 is 0 Å². The molecule has 0 atom stereocenters. The van der Waals surface area contributed by atoms with Crippen LogP contribution in [-0.2, 0) is 18.3 Å². The second-order valence-electron chi connectivity index (χ2n) is 5.04. The molecule has 0 unspecified atom stereocenters. The average molecular weight is 316 g/mol. The van der Waals surface area contributed by atoms with Crippen molar-refractivity contribution in [1.29, 1.82) is 0 Å². The predicted molar refractivity (Wildman–Crippen MR) is 84.2 cm³/mol. The maximum atomic E-state index is 12.0. The SMILES string of the molecule is Cc1noc(C)c1CC(=O)N/N=c1/sc2ccccc2n1C. The Bertz CT molecular complexity index is 884. The topological polar surface area (TPSA) is 72.4 Å². The Hall–Kier alpha value is -2.41. The van der Waals surface area contributed by atoms with Gasteiger partial charge in [-0.1, -0.05) is 28.6 Å². The minimum absolute atomic E-state index is 0.188. The van der Waals surface area contributed by atoms with E-state index in [2.05, 4.69) is 15.7 Å². The van der Waals surface area contributed by atoms with Crippen molar-refractivity contribution in [2.75, 3.05) is 0 Å². The van der Waals surface area contributed by atoms with Crippen LogP contribution in [-0.4, -0.2) is 15.6 Å². The fourth-order valence-electron chi connectivity index (χ4n) is 2.25. The third-order valence-corrected chi connectivity index (χ3v) is 4.62. The molecule has 22 heavy (non-hydrogen) atoms. The maximum Gasteiger partial charge on any atom is 0.244 e. The first-order chi connectivity index (χ1) is 10.6. The van der Waals surface area contributed by atoms with Crippen LogP contribution in [0.15, 0.2) is 33.9 Å². The van der Waals surface area contributed by atoms with Gasteiger partial charge in [0.05, 0.1) is 22.3 Å². The third-order valence-electron chi connectivity index (χ3n) is 3.51. The van der Waals surface area contributed by atoms with E-state index in [1.54, 1.807) is 6.92 Å². The summed E-state index contributed by atoms with van der Waals surface area (Å²) in [5, 5.41) is 8.06. The maximum absolute atomic E-state index is 12.0. The molecule has 3 rings (SSSR count). The van der Waals surface area contributed by atoms with Gasteiger partial charge in [-0.3, -0.25) is 4.79 Å². The zero-order valence-corrected chi connectivity index (χ0v) is 13.4. The monoisotopic (exact) mass is 316 g/mol. The molecule has 7 heteroatoms. The second kappa shape index (κ2) is 5.76. The first-order valence-electron chi connectivity index (χ1n) is 6.85. The van der Waals surface area contributed by atoms with Gasteiger partial charge in [-0.15, -0.1) is 5.10 Å². The van der Waals surface area contributed by atoms with Gasteiger partial charge in [-0.25, -0.2) is 5.43 Å². The Labute approximate surface area is 131 Å². The van der Waals surface area contributed by atoms with Gasteiger partial charge >= 0.3 is 0 Å². The summed E-state index contributed by atoms with van der Waals surface area (Å²) in [6.45, 7) is 3.62. The number of hydrogen-bond acceptors (Lipinski definition) is 5. The quantitative estimate of drug-likeness (QED) is 0.751. The van der Waals surface area contributed by atoms with Gasteiger partial charge in [0.15, 0.2) is 0 Å². The molecule has 0 saturated carbocycles. The van der Waals surface area contributed by atoms with E-state index in [0.717, 1.165) is 26.3 Å². The van der Waals surface area contributed by atoms with Gasteiger partial charge in [-0.2, -0.15) is 0 Å². The van der Waals surface area contributed by atoms with Crippen molar-refractivity contribution in [3.63, 3.8) is 0 Å². The number of thiazole rings is 1. The van der Waals surface area contributed by atoms with E-state index in [9.17, 15) is 4.79 Å². The fraction of sp³-hybridized carbons (Fsp3) is 0.267. The number of benzene rings is 1. The molecule has 0 spiro atoms. The van der Waals surface area contributed by atoms with Crippen LogP contribution in [0.4, 0.5) is 0 Å². The normalized spacial score (nSPS) is 12.0. The van der Waals surface area contributed by atoms with Gasteiger partial charge < -0.3 is 9.09 Å². The molecule has 0 fully saturated rings. The van der Waals surface area contributed by atoms with Crippen LogP contribution in [0.5, 0.6) is 0 Å². The van der Waals surface area contributed by atoms with Crippen LogP contribution in [0.3, 0.4) is 0 Å². The smallest absolute Gasteiger partial charge is 0.244 e. The lowest BCUT2D eigenvalue weighted by Crippen LogP contribution is -2.24. The molecule has 3 aromatic rings. The molecule has 0 bridgehead atoms. The van der Waals surface area contributed by atoms with E-state index >= 15 is 0 Å². The first kappa shape index (κ1) is 14.5. The number of aryl methyl sites for hydroxylation is 3. The third kappa shape index (κ3) is 2.67. The molecule has 2 heterocycles. The van der Waals surface area contributed by atoms with E-state index in [1.165, 1.54) is 11.3 Å². The number of amides is 1. The van der Waals surface area contributed by atoms with Gasteiger partial charge in [-0.05, 0) is 26.0 Å². The minimum atomic E-state index is -0.188. The lowest BCUT2D eigenvalue weighted by molar-refractivity contribution is -0.120. The summed E-state index contributed by atoms with van der Waals surface area (Å²) in [7, 11) is 1.93. The number of aromatic nitrogens is 2. The number of rotatable bonds is 3. The molecule has 0 aliphatic rings. The molecule has 1 N–H and O–H groups in total. The molecular weight excluding hydrogens is 300 g/mol. The minimum Gasteiger partial charge on any atom is -0.361 e. The Morgan fingerprint density at radius 3 is 2.86 bits per heavy atom. The van der Waals surface area contributed by atoms with Gasteiger partial charge in [0.1, 0.15) is 5.76 Å². The van der Waals surface area contributed by atoms with E-state index in [0.29, 0.717) is 5.76 Å². The molecule has 0 radical (unpaired) electrons. The van der Waals surface area contributed by atoms with Crippen LogP contribution in [0, 0.1) is 13.8 Å².